The number of sulfonamides is 2. The van der Waals surface area contributed by atoms with Gasteiger partial charge >= 0.3 is 0 Å². The Morgan fingerprint density at radius 3 is 2.50 bits per heavy atom. The van der Waals surface area contributed by atoms with Crippen LogP contribution in [0.2, 0.25) is 0 Å². The number of nitrogens with one attached hydrogen (secondary N) is 2. The third-order valence-electron chi connectivity index (χ3n) is 4.84. The lowest BCUT2D eigenvalue weighted by atomic mass is 10.2. The molecule has 0 unspecified atom stereocenters. The molecule has 0 spiro atoms. The first-order valence-corrected chi connectivity index (χ1v) is 12.9. The molecule has 9 nitrogen and oxygen atoms in total. The number of carbonyl (C=O) groups is 1. The van der Waals surface area contributed by atoms with Crippen LogP contribution in [0.4, 0.5) is 10.1 Å². The SMILES string of the molecule is Cc1ccc(S(=O)(=O)Nc2cccc(C(=O)NCCS(=O)(=O)N3CCOCC3)c2)cc1F. The summed E-state index contributed by atoms with van der Waals surface area (Å²) in [7, 11) is -7.57. The average molecular weight is 486 g/mol. The summed E-state index contributed by atoms with van der Waals surface area (Å²) in [6, 6.07) is 9.27. The number of aryl methyl sites for hydroxylation is 1. The molecule has 0 aliphatic carbocycles. The highest BCUT2D eigenvalue weighted by Crippen LogP contribution is 2.19. The van der Waals surface area contributed by atoms with Crippen molar-refractivity contribution in [3.8, 4) is 0 Å². The highest BCUT2D eigenvalue weighted by Gasteiger charge is 2.24. The molecule has 2 N–H and O–H groups in total. The number of amides is 1. The lowest BCUT2D eigenvalue weighted by Crippen LogP contribution is -2.43. The molecule has 1 aliphatic heterocycles. The first kappa shape index (κ1) is 24.1. The summed E-state index contributed by atoms with van der Waals surface area (Å²) in [5.41, 5.74) is 0.571. The van der Waals surface area contributed by atoms with E-state index in [1.807, 2.05) is 0 Å². The monoisotopic (exact) mass is 485 g/mol. The van der Waals surface area contributed by atoms with E-state index in [2.05, 4.69) is 10.0 Å². The maximum Gasteiger partial charge on any atom is 0.261 e. The molecule has 1 amide bonds. The third kappa shape index (κ3) is 6.03. The molecule has 0 radical (unpaired) electrons. The predicted molar refractivity (Wildman–Crippen MR) is 117 cm³/mol. The Morgan fingerprint density at radius 2 is 1.81 bits per heavy atom. The van der Waals surface area contributed by atoms with Crippen molar-refractivity contribution in [2.24, 2.45) is 0 Å². The van der Waals surface area contributed by atoms with Gasteiger partial charge in [-0.15, -0.1) is 0 Å². The molecular formula is C20H24FN3O6S2. The lowest BCUT2D eigenvalue weighted by molar-refractivity contribution is 0.0730. The number of hydrogen-bond donors (Lipinski definition) is 2. The predicted octanol–water partition coefficient (Wildman–Crippen LogP) is 1.33. The number of benzene rings is 2. The van der Waals surface area contributed by atoms with Crippen molar-refractivity contribution in [2.45, 2.75) is 11.8 Å². The summed E-state index contributed by atoms with van der Waals surface area (Å²) in [5, 5.41) is 2.53. The quantitative estimate of drug-likeness (QED) is 0.582. The van der Waals surface area contributed by atoms with E-state index in [-0.39, 0.29) is 41.5 Å². The van der Waals surface area contributed by atoms with Crippen LogP contribution in [0.15, 0.2) is 47.4 Å². The molecule has 3 rings (SSSR count). The molecule has 1 fully saturated rings. The normalized spacial score (nSPS) is 15.3. The van der Waals surface area contributed by atoms with E-state index in [9.17, 15) is 26.0 Å². The van der Waals surface area contributed by atoms with Crippen LogP contribution in [0.25, 0.3) is 0 Å². The summed E-state index contributed by atoms with van der Waals surface area (Å²) in [6.45, 7) is 2.66. The Morgan fingerprint density at radius 1 is 1.09 bits per heavy atom. The average Bonchev–Trinajstić information content (AvgIpc) is 2.76. The minimum absolute atomic E-state index is 0.100. The second-order valence-electron chi connectivity index (χ2n) is 7.18. The van der Waals surface area contributed by atoms with Crippen LogP contribution in [0, 0.1) is 12.7 Å². The van der Waals surface area contributed by atoms with Crippen molar-refractivity contribution >= 4 is 31.6 Å². The number of nitrogens with zero attached hydrogens (tertiary/aromatic N) is 1. The van der Waals surface area contributed by atoms with E-state index in [0.29, 0.717) is 18.8 Å². The lowest BCUT2D eigenvalue weighted by Gasteiger charge is -2.26. The number of anilines is 1. The fourth-order valence-corrected chi connectivity index (χ4v) is 5.41. The summed E-state index contributed by atoms with van der Waals surface area (Å²) < 4.78 is 72.2. The molecule has 0 saturated carbocycles. The third-order valence-corrected chi connectivity index (χ3v) is 8.09. The number of carbonyl (C=O) groups excluding carboxylic acids is 1. The standard InChI is InChI=1S/C20H24FN3O6S2/c1-15-5-6-18(14-19(15)21)32(28,29)23-17-4-2-3-16(13-17)20(25)22-7-12-31(26,27)24-8-10-30-11-9-24/h2-6,13-14,23H,7-12H2,1H3,(H,22,25). The summed E-state index contributed by atoms with van der Waals surface area (Å²) in [4.78, 5) is 12.2. The number of ether oxygens (including phenoxy) is 1. The Labute approximate surface area is 186 Å². The second kappa shape index (κ2) is 9.94. The van der Waals surface area contributed by atoms with E-state index >= 15 is 0 Å². The van der Waals surface area contributed by atoms with Crippen molar-refractivity contribution in [3.63, 3.8) is 0 Å². The summed E-state index contributed by atoms with van der Waals surface area (Å²) in [6.07, 6.45) is 0. The molecule has 32 heavy (non-hydrogen) atoms. The van der Waals surface area contributed by atoms with Gasteiger partial charge in [-0.3, -0.25) is 9.52 Å². The maximum absolute atomic E-state index is 13.7. The van der Waals surface area contributed by atoms with E-state index in [4.69, 9.17) is 4.74 Å². The Hall–Kier alpha value is -2.54. The van der Waals surface area contributed by atoms with Crippen molar-refractivity contribution in [2.75, 3.05) is 43.3 Å². The van der Waals surface area contributed by atoms with Crippen molar-refractivity contribution in [3.05, 3.63) is 59.4 Å². The number of hydrogen-bond acceptors (Lipinski definition) is 6. The molecule has 174 valence electrons. The van der Waals surface area contributed by atoms with E-state index in [1.165, 1.54) is 47.6 Å². The zero-order valence-corrected chi connectivity index (χ0v) is 19.0. The van der Waals surface area contributed by atoms with Gasteiger partial charge in [0.15, 0.2) is 0 Å². The molecule has 0 bridgehead atoms. The minimum atomic E-state index is -4.06. The van der Waals surface area contributed by atoms with Gasteiger partial charge in [0.05, 0.1) is 23.9 Å². The van der Waals surface area contributed by atoms with Crippen LogP contribution in [0.1, 0.15) is 15.9 Å². The zero-order valence-electron chi connectivity index (χ0n) is 17.4. The first-order chi connectivity index (χ1) is 15.1. The molecule has 1 heterocycles. The topological polar surface area (TPSA) is 122 Å². The van der Waals surface area contributed by atoms with Crippen molar-refractivity contribution in [1.82, 2.24) is 9.62 Å². The Bertz CT molecular complexity index is 1200. The fraction of sp³-hybridized carbons (Fsp3) is 0.350. The number of morpholine rings is 1. The molecule has 1 aliphatic rings. The fourth-order valence-electron chi connectivity index (χ4n) is 3.03. The van der Waals surface area contributed by atoms with Gasteiger partial charge in [0, 0.05) is 30.9 Å². The van der Waals surface area contributed by atoms with Gasteiger partial charge in [-0.25, -0.2) is 21.2 Å². The van der Waals surface area contributed by atoms with Crippen LogP contribution in [0.5, 0.6) is 0 Å². The van der Waals surface area contributed by atoms with Gasteiger partial charge in [-0.05, 0) is 42.8 Å². The van der Waals surface area contributed by atoms with Gasteiger partial charge in [-0.1, -0.05) is 12.1 Å². The largest absolute Gasteiger partial charge is 0.379 e. The van der Waals surface area contributed by atoms with Crippen LogP contribution < -0.4 is 10.0 Å². The molecule has 0 atom stereocenters. The van der Waals surface area contributed by atoms with E-state index in [0.717, 1.165) is 6.07 Å². The number of halogens is 1. The van der Waals surface area contributed by atoms with Crippen LogP contribution >= 0.6 is 0 Å². The van der Waals surface area contributed by atoms with E-state index < -0.39 is 31.8 Å². The molecule has 12 heteroatoms. The van der Waals surface area contributed by atoms with Gasteiger partial charge in [-0.2, -0.15) is 4.31 Å². The zero-order chi connectivity index (χ0) is 23.4. The Balaban J connectivity index is 1.62. The van der Waals surface area contributed by atoms with Crippen molar-refractivity contribution < 1.29 is 30.8 Å². The number of rotatable bonds is 8. The van der Waals surface area contributed by atoms with Gasteiger partial charge in [0.2, 0.25) is 10.0 Å². The van der Waals surface area contributed by atoms with Gasteiger partial charge in [0.25, 0.3) is 15.9 Å². The second-order valence-corrected chi connectivity index (χ2v) is 11.0. The molecular weight excluding hydrogens is 461 g/mol. The van der Waals surface area contributed by atoms with E-state index in [1.54, 1.807) is 0 Å². The smallest absolute Gasteiger partial charge is 0.261 e. The maximum atomic E-state index is 13.7. The summed E-state index contributed by atoms with van der Waals surface area (Å²) >= 11 is 0. The van der Waals surface area contributed by atoms with Crippen LogP contribution in [0.3, 0.4) is 0 Å². The highest BCUT2D eigenvalue weighted by atomic mass is 32.2. The Kier molecular flexibility index (Phi) is 7.49. The minimum Gasteiger partial charge on any atom is -0.379 e. The molecule has 2 aromatic carbocycles. The van der Waals surface area contributed by atoms with Crippen LogP contribution in [-0.2, 0) is 24.8 Å². The molecule has 2 aromatic rings. The van der Waals surface area contributed by atoms with Crippen LogP contribution in [-0.4, -0.2) is 65.6 Å². The van der Waals surface area contributed by atoms with Gasteiger partial charge in [0.1, 0.15) is 5.82 Å². The van der Waals surface area contributed by atoms with Crippen molar-refractivity contribution in [1.29, 1.82) is 0 Å². The first-order valence-electron chi connectivity index (χ1n) is 9.81. The summed E-state index contributed by atoms with van der Waals surface area (Å²) in [5.74, 6) is -1.46. The highest BCUT2D eigenvalue weighted by molar-refractivity contribution is 7.92. The molecule has 0 aromatic heterocycles. The molecule has 1 saturated heterocycles. The van der Waals surface area contributed by atoms with Gasteiger partial charge < -0.3 is 10.1 Å².